The number of aryl methyl sites for hydroxylation is 1. The number of rotatable bonds is 2. The number of piperazine rings is 1. The number of carbonyl (C=O) groups excluding carboxylic acids is 2. The number of nitrogens with zero attached hydrogens (tertiary/aromatic N) is 5. The molecule has 148 valence electrons. The van der Waals surface area contributed by atoms with Crippen LogP contribution in [0, 0.1) is 6.92 Å². The van der Waals surface area contributed by atoms with Gasteiger partial charge in [0.15, 0.2) is 5.69 Å². The molecule has 4 rings (SSSR count). The largest absolute Gasteiger partial charge is 0.367 e. The first kappa shape index (κ1) is 18.5. The van der Waals surface area contributed by atoms with Gasteiger partial charge in [0.2, 0.25) is 5.91 Å². The zero-order chi connectivity index (χ0) is 19.8. The van der Waals surface area contributed by atoms with E-state index in [4.69, 9.17) is 0 Å². The molecule has 1 aromatic carbocycles. The van der Waals surface area contributed by atoms with E-state index in [1.807, 2.05) is 15.6 Å². The van der Waals surface area contributed by atoms with Gasteiger partial charge in [0.1, 0.15) is 0 Å². The predicted octanol–water partition coefficient (Wildman–Crippen LogP) is 1.90. The van der Waals surface area contributed by atoms with Crippen LogP contribution in [0.15, 0.2) is 30.3 Å². The van der Waals surface area contributed by atoms with Gasteiger partial charge in [-0.3, -0.25) is 14.3 Å². The highest BCUT2D eigenvalue weighted by Gasteiger charge is 2.31. The number of amides is 2. The van der Waals surface area contributed by atoms with Crippen LogP contribution >= 0.6 is 0 Å². The van der Waals surface area contributed by atoms with Gasteiger partial charge in [-0.1, -0.05) is 18.2 Å². The lowest BCUT2D eigenvalue weighted by atomic mass is 10.1. The summed E-state index contributed by atoms with van der Waals surface area (Å²) in [5, 5.41) is 4.52. The van der Waals surface area contributed by atoms with E-state index in [9.17, 15) is 9.59 Å². The molecule has 0 N–H and O–H groups in total. The number of hydrogen-bond donors (Lipinski definition) is 0. The Hall–Kier alpha value is -2.83. The molecule has 3 heterocycles. The average molecular weight is 381 g/mol. The topological polar surface area (TPSA) is 61.7 Å². The van der Waals surface area contributed by atoms with Gasteiger partial charge in [0.25, 0.3) is 5.91 Å². The Balaban J connectivity index is 1.47. The first-order valence-electron chi connectivity index (χ1n) is 9.88. The monoisotopic (exact) mass is 381 g/mol. The molecule has 7 heteroatoms. The zero-order valence-corrected chi connectivity index (χ0v) is 16.8. The summed E-state index contributed by atoms with van der Waals surface area (Å²) in [4.78, 5) is 30.8. The molecule has 0 aliphatic carbocycles. The van der Waals surface area contributed by atoms with Gasteiger partial charge in [-0.2, -0.15) is 5.10 Å². The molecule has 2 aliphatic rings. The highest BCUT2D eigenvalue weighted by molar-refractivity contribution is 5.93. The highest BCUT2D eigenvalue weighted by Crippen LogP contribution is 2.24. The van der Waals surface area contributed by atoms with Gasteiger partial charge in [-0.05, 0) is 31.5 Å². The molecule has 7 nitrogen and oxygen atoms in total. The van der Waals surface area contributed by atoms with E-state index >= 15 is 0 Å². The van der Waals surface area contributed by atoms with E-state index in [-0.39, 0.29) is 17.9 Å². The lowest BCUT2D eigenvalue weighted by Crippen LogP contribution is -2.54. The number of carbonyl (C=O) groups is 2. The van der Waals surface area contributed by atoms with Crippen LogP contribution in [0.2, 0.25) is 0 Å². The van der Waals surface area contributed by atoms with E-state index in [1.165, 1.54) is 11.3 Å². The average Bonchev–Trinajstić information content (AvgIpc) is 3.11. The molecule has 0 bridgehead atoms. The first-order chi connectivity index (χ1) is 13.4. The molecule has 0 unspecified atom stereocenters. The van der Waals surface area contributed by atoms with Crippen molar-refractivity contribution in [3.05, 3.63) is 47.3 Å². The fourth-order valence-electron chi connectivity index (χ4n) is 4.18. The molecule has 1 saturated heterocycles. The molecule has 2 amide bonds. The van der Waals surface area contributed by atoms with Crippen LogP contribution in [0.3, 0.4) is 0 Å². The lowest BCUT2D eigenvalue weighted by Gasteiger charge is -2.41. The Morgan fingerprint density at radius 3 is 2.61 bits per heavy atom. The third-order valence-electron chi connectivity index (χ3n) is 5.81. The summed E-state index contributed by atoms with van der Waals surface area (Å²) in [5.41, 5.74) is 3.90. The Kier molecular flexibility index (Phi) is 4.83. The fraction of sp³-hybridized carbons (Fsp3) is 0.476. The summed E-state index contributed by atoms with van der Waals surface area (Å²) < 4.78 is 1.86. The molecule has 1 aromatic heterocycles. The van der Waals surface area contributed by atoms with Gasteiger partial charge >= 0.3 is 0 Å². The van der Waals surface area contributed by atoms with Crippen molar-refractivity contribution in [1.82, 2.24) is 19.6 Å². The van der Waals surface area contributed by atoms with Crippen LogP contribution in [0.4, 0.5) is 5.69 Å². The molecule has 0 radical (unpaired) electrons. The first-order valence-corrected chi connectivity index (χ1v) is 9.88. The number of fused-ring (bicyclic) bond motifs is 1. The van der Waals surface area contributed by atoms with Crippen LogP contribution in [-0.2, 0) is 17.9 Å². The highest BCUT2D eigenvalue weighted by atomic mass is 16.2. The van der Waals surface area contributed by atoms with Crippen molar-refractivity contribution in [3.8, 4) is 0 Å². The maximum absolute atomic E-state index is 13.1. The Labute approximate surface area is 165 Å². The van der Waals surface area contributed by atoms with Crippen molar-refractivity contribution in [2.45, 2.75) is 39.9 Å². The summed E-state index contributed by atoms with van der Waals surface area (Å²) in [7, 11) is 0. The number of para-hydroxylation sites is 1. The maximum Gasteiger partial charge on any atom is 0.274 e. The van der Waals surface area contributed by atoms with Gasteiger partial charge in [0, 0.05) is 44.8 Å². The Bertz CT molecular complexity index is 906. The van der Waals surface area contributed by atoms with Gasteiger partial charge in [-0.15, -0.1) is 0 Å². The standard InChI is InChI=1S/C21H27N5O2/c1-15-6-4-5-7-20(15)24-8-10-25(16(2)13-24)21(28)19-12-18-14-23(17(3)27)9-11-26(18)22-19/h4-7,12,16H,8-11,13-14H2,1-3H3/t16-/m0/s1. The Morgan fingerprint density at radius 2 is 1.89 bits per heavy atom. The molecule has 1 fully saturated rings. The van der Waals surface area contributed by atoms with Gasteiger partial charge in [-0.25, -0.2) is 0 Å². The zero-order valence-electron chi connectivity index (χ0n) is 16.8. The van der Waals surface area contributed by atoms with E-state index in [1.54, 1.807) is 11.8 Å². The maximum atomic E-state index is 13.1. The van der Waals surface area contributed by atoms with Crippen LogP contribution < -0.4 is 4.90 Å². The summed E-state index contributed by atoms with van der Waals surface area (Å²) in [6, 6.07) is 10.3. The normalized spacial score (nSPS) is 19.5. The van der Waals surface area contributed by atoms with Crippen molar-refractivity contribution in [2.24, 2.45) is 0 Å². The minimum atomic E-state index is -0.0202. The SMILES string of the molecule is CC(=O)N1CCn2nc(C(=O)N3CCN(c4ccccc4C)C[C@@H]3C)cc2C1. The lowest BCUT2D eigenvalue weighted by molar-refractivity contribution is -0.130. The fourth-order valence-corrected chi connectivity index (χ4v) is 4.18. The van der Waals surface area contributed by atoms with Crippen molar-refractivity contribution >= 4 is 17.5 Å². The van der Waals surface area contributed by atoms with Crippen molar-refractivity contribution in [2.75, 3.05) is 31.1 Å². The van der Waals surface area contributed by atoms with Crippen molar-refractivity contribution in [1.29, 1.82) is 0 Å². The number of hydrogen-bond acceptors (Lipinski definition) is 4. The minimum Gasteiger partial charge on any atom is -0.367 e. The number of aromatic nitrogens is 2. The van der Waals surface area contributed by atoms with E-state index in [0.717, 1.165) is 18.8 Å². The van der Waals surface area contributed by atoms with Crippen molar-refractivity contribution < 1.29 is 9.59 Å². The smallest absolute Gasteiger partial charge is 0.274 e. The number of anilines is 1. The summed E-state index contributed by atoms with van der Waals surface area (Å²) in [6.07, 6.45) is 0. The predicted molar refractivity (Wildman–Crippen MR) is 107 cm³/mol. The molecule has 28 heavy (non-hydrogen) atoms. The van der Waals surface area contributed by atoms with Crippen LogP contribution in [0.25, 0.3) is 0 Å². The van der Waals surface area contributed by atoms with E-state index < -0.39 is 0 Å². The summed E-state index contributed by atoms with van der Waals surface area (Å²) in [6.45, 7) is 9.89. The van der Waals surface area contributed by atoms with Crippen LogP contribution in [-0.4, -0.2) is 63.6 Å². The molecule has 2 aromatic rings. The van der Waals surface area contributed by atoms with Crippen LogP contribution in [0.1, 0.15) is 35.6 Å². The van der Waals surface area contributed by atoms with E-state index in [0.29, 0.717) is 31.9 Å². The van der Waals surface area contributed by atoms with Gasteiger partial charge < -0.3 is 14.7 Å². The molecule has 2 aliphatic heterocycles. The molecule has 1 atom stereocenters. The molecule has 0 spiro atoms. The van der Waals surface area contributed by atoms with Gasteiger partial charge in [0.05, 0.1) is 18.8 Å². The van der Waals surface area contributed by atoms with Crippen LogP contribution in [0.5, 0.6) is 0 Å². The molecular weight excluding hydrogens is 354 g/mol. The van der Waals surface area contributed by atoms with Crippen molar-refractivity contribution in [3.63, 3.8) is 0 Å². The second kappa shape index (κ2) is 7.30. The minimum absolute atomic E-state index is 0.0202. The summed E-state index contributed by atoms with van der Waals surface area (Å²) in [5.74, 6) is 0.0366. The summed E-state index contributed by atoms with van der Waals surface area (Å²) >= 11 is 0. The quantitative estimate of drug-likeness (QED) is 0.797. The second-order valence-electron chi connectivity index (χ2n) is 7.76. The Morgan fingerprint density at radius 1 is 1.11 bits per heavy atom. The third kappa shape index (κ3) is 3.37. The number of benzene rings is 1. The third-order valence-corrected chi connectivity index (χ3v) is 5.81. The van der Waals surface area contributed by atoms with E-state index in [2.05, 4.69) is 48.1 Å². The second-order valence-corrected chi connectivity index (χ2v) is 7.76. The molecular formula is C21H27N5O2. The molecule has 0 saturated carbocycles.